The molecule has 0 aromatic carbocycles. The Morgan fingerprint density at radius 2 is 2.15 bits per heavy atom. The number of aromatic nitrogens is 1. The highest BCUT2D eigenvalue weighted by Gasteiger charge is 2.30. The second kappa shape index (κ2) is 6.23. The van der Waals surface area contributed by atoms with Gasteiger partial charge in [0.05, 0.1) is 5.69 Å². The predicted octanol–water partition coefficient (Wildman–Crippen LogP) is 2.99. The van der Waals surface area contributed by atoms with Crippen LogP contribution in [-0.4, -0.2) is 35.1 Å². The number of nitrogens with zero attached hydrogens (tertiary/aromatic N) is 2. The van der Waals surface area contributed by atoms with Gasteiger partial charge in [-0.05, 0) is 43.9 Å². The van der Waals surface area contributed by atoms with Crippen LogP contribution < -0.4 is 5.32 Å². The van der Waals surface area contributed by atoms with E-state index in [0.717, 1.165) is 19.6 Å². The Morgan fingerprint density at radius 3 is 2.80 bits per heavy atom. The second-order valence-electron chi connectivity index (χ2n) is 7.21. The molecule has 1 aliphatic rings. The largest absolute Gasteiger partial charge is 0.312 e. The zero-order valence-electron chi connectivity index (χ0n) is 13.6. The molecule has 2 atom stereocenters. The van der Waals surface area contributed by atoms with E-state index in [1.807, 2.05) is 12.3 Å². The van der Waals surface area contributed by atoms with Crippen LogP contribution in [0.2, 0.25) is 0 Å². The lowest BCUT2D eigenvalue weighted by molar-refractivity contribution is 0.155. The van der Waals surface area contributed by atoms with Crippen molar-refractivity contribution in [2.45, 2.75) is 59.7 Å². The molecule has 0 saturated carbocycles. The van der Waals surface area contributed by atoms with E-state index >= 15 is 0 Å². The van der Waals surface area contributed by atoms with E-state index in [2.05, 4.69) is 55.9 Å². The quantitative estimate of drug-likeness (QED) is 0.899. The number of rotatable bonds is 2. The highest BCUT2D eigenvalue weighted by Crippen LogP contribution is 2.24. The molecule has 2 heterocycles. The van der Waals surface area contributed by atoms with Crippen LogP contribution >= 0.6 is 0 Å². The fraction of sp³-hybridized carbons (Fsp3) is 0.706. The van der Waals surface area contributed by atoms with Crippen LogP contribution in [0.5, 0.6) is 0 Å². The Morgan fingerprint density at radius 1 is 1.40 bits per heavy atom. The summed E-state index contributed by atoms with van der Waals surface area (Å²) in [7, 11) is 0. The first-order valence-corrected chi connectivity index (χ1v) is 7.76. The first kappa shape index (κ1) is 15.5. The maximum absolute atomic E-state index is 4.56. The van der Waals surface area contributed by atoms with Gasteiger partial charge in [0.15, 0.2) is 0 Å². The number of hydrogen-bond acceptors (Lipinski definition) is 3. The SMILES string of the molecule is Cc1cccnc1CN1CC(C(C)(C)C)NCCC1C. The van der Waals surface area contributed by atoms with Gasteiger partial charge in [0.25, 0.3) is 0 Å². The third-order valence-electron chi connectivity index (χ3n) is 4.51. The van der Waals surface area contributed by atoms with Crippen molar-refractivity contribution in [2.24, 2.45) is 5.41 Å². The van der Waals surface area contributed by atoms with Crippen LogP contribution in [0.4, 0.5) is 0 Å². The van der Waals surface area contributed by atoms with Gasteiger partial charge in [-0.25, -0.2) is 0 Å². The molecular formula is C17H29N3. The average molecular weight is 275 g/mol. The molecule has 0 amide bonds. The van der Waals surface area contributed by atoms with Gasteiger partial charge in [0.2, 0.25) is 0 Å². The van der Waals surface area contributed by atoms with Crippen molar-refractivity contribution in [1.82, 2.24) is 15.2 Å². The fourth-order valence-electron chi connectivity index (χ4n) is 2.80. The molecule has 2 rings (SSSR count). The minimum atomic E-state index is 0.293. The first-order chi connectivity index (χ1) is 9.38. The molecular weight excluding hydrogens is 246 g/mol. The van der Waals surface area contributed by atoms with Crippen molar-refractivity contribution >= 4 is 0 Å². The molecule has 1 aromatic heterocycles. The highest BCUT2D eigenvalue weighted by atomic mass is 15.2. The van der Waals surface area contributed by atoms with E-state index < -0.39 is 0 Å². The zero-order chi connectivity index (χ0) is 14.8. The monoisotopic (exact) mass is 275 g/mol. The summed E-state index contributed by atoms with van der Waals surface area (Å²) >= 11 is 0. The van der Waals surface area contributed by atoms with E-state index in [1.54, 1.807) is 0 Å². The lowest BCUT2D eigenvalue weighted by Gasteiger charge is -2.35. The lowest BCUT2D eigenvalue weighted by Crippen LogP contribution is -2.47. The molecule has 0 radical (unpaired) electrons. The van der Waals surface area contributed by atoms with E-state index in [4.69, 9.17) is 0 Å². The van der Waals surface area contributed by atoms with E-state index in [1.165, 1.54) is 17.7 Å². The van der Waals surface area contributed by atoms with Crippen LogP contribution in [0.1, 0.15) is 45.4 Å². The summed E-state index contributed by atoms with van der Waals surface area (Å²) in [5.74, 6) is 0. The summed E-state index contributed by atoms with van der Waals surface area (Å²) in [5.41, 5.74) is 2.81. The Balaban J connectivity index is 2.13. The van der Waals surface area contributed by atoms with Gasteiger partial charge >= 0.3 is 0 Å². The fourth-order valence-corrected chi connectivity index (χ4v) is 2.80. The molecule has 3 nitrogen and oxygen atoms in total. The predicted molar refractivity (Wildman–Crippen MR) is 84.7 cm³/mol. The van der Waals surface area contributed by atoms with Crippen molar-refractivity contribution in [3.8, 4) is 0 Å². The van der Waals surface area contributed by atoms with Crippen LogP contribution in [0.3, 0.4) is 0 Å². The van der Waals surface area contributed by atoms with Gasteiger partial charge in [-0.2, -0.15) is 0 Å². The molecule has 3 heteroatoms. The molecule has 0 aliphatic carbocycles. The summed E-state index contributed by atoms with van der Waals surface area (Å²) in [6, 6.07) is 5.32. The average Bonchev–Trinajstić information content (AvgIpc) is 2.54. The maximum atomic E-state index is 4.56. The van der Waals surface area contributed by atoms with Gasteiger partial charge in [-0.1, -0.05) is 26.8 Å². The summed E-state index contributed by atoms with van der Waals surface area (Å²) < 4.78 is 0. The molecule has 20 heavy (non-hydrogen) atoms. The molecule has 1 aliphatic heterocycles. The topological polar surface area (TPSA) is 28.2 Å². The third kappa shape index (κ3) is 3.80. The molecule has 0 spiro atoms. The van der Waals surface area contributed by atoms with Crippen molar-refractivity contribution in [3.05, 3.63) is 29.6 Å². The first-order valence-electron chi connectivity index (χ1n) is 7.76. The van der Waals surface area contributed by atoms with E-state index in [9.17, 15) is 0 Å². The van der Waals surface area contributed by atoms with Crippen molar-refractivity contribution in [2.75, 3.05) is 13.1 Å². The summed E-state index contributed by atoms with van der Waals surface area (Å²) in [6.07, 6.45) is 3.11. The standard InChI is InChI=1S/C17H29N3/c1-13-7-6-9-18-15(13)11-20-12-16(17(3,4)5)19-10-8-14(20)2/h6-7,9,14,16,19H,8,10-12H2,1-5H3. The molecule has 1 N–H and O–H groups in total. The second-order valence-corrected chi connectivity index (χ2v) is 7.21. The summed E-state index contributed by atoms with van der Waals surface area (Å²) in [4.78, 5) is 7.15. The Hall–Kier alpha value is -0.930. The highest BCUT2D eigenvalue weighted by molar-refractivity contribution is 5.17. The minimum absolute atomic E-state index is 0.293. The minimum Gasteiger partial charge on any atom is -0.312 e. The smallest absolute Gasteiger partial charge is 0.0573 e. The normalized spacial score (nSPS) is 25.4. The Kier molecular flexibility index (Phi) is 4.82. The van der Waals surface area contributed by atoms with Crippen molar-refractivity contribution in [1.29, 1.82) is 0 Å². The number of pyridine rings is 1. The van der Waals surface area contributed by atoms with Crippen LogP contribution in [0.15, 0.2) is 18.3 Å². The molecule has 1 saturated heterocycles. The maximum Gasteiger partial charge on any atom is 0.0573 e. The lowest BCUT2D eigenvalue weighted by atomic mass is 9.86. The molecule has 1 fully saturated rings. The van der Waals surface area contributed by atoms with Crippen molar-refractivity contribution in [3.63, 3.8) is 0 Å². The Bertz CT molecular complexity index is 436. The van der Waals surface area contributed by atoms with Crippen LogP contribution in [-0.2, 0) is 6.54 Å². The number of aryl methyl sites for hydroxylation is 1. The van der Waals surface area contributed by atoms with Gasteiger partial charge in [-0.15, -0.1) is 0 Å². The van der Waals surface area contributed by atoms with Crippen molar-refractivity contribution < 1.29 is 0 Å². The van der Waals surface area contributed by atoms with Gasteiger partial charge in [0, 0.05) is 31.4 Å². The van der Waals surface area contributed by atoms with Gasteiger partial charge in [0.1, 0.15) is 0 Å². The zero-order valence-corrected chi connectivity index (χ0v) is 13.6. The summed E-state index contributed by atoms with van der Waals surface area (Å²) in [6.45, 7) is 14.6. The molecule has 112 valence electrons. The van der Waals surface area contributed by atoms with Gasteiger partial charge in [-0.3, -0.25) is 9.88 Å². The number of nitrogens with one attached hydrogen (secondary N) is 1. The molecule has 2 unspecified atom stereocenters. The Labute approximate surface area is 123 Å². The third-order valence-corrected chi connectivity index (χ3v) is 4.51. The van der Waals surface area contributed by atoms with Gasteiger partial charge < -0.3 is 5.32 Å². The van der Waals surface area contributed by atoms with E-state index in [-0.39, 0.29) is 0 Å². The molecule has 0 bridgehead atoms. The van der Waals surface area contributed by atoms with Crippen LogP contribution in [0, 0.1) is 12.3 Å². The van der Waals surface area contributed by atoms with Crippen LogP contribution in [0.25, 0.3) is 0 Å². The summed E-state index contributed by atoms with van der Waals surface area (Å²) in [5, 5.41) is 3.72. The van der Waals surface area contributed by atoms with E-state index in [0.29, 0.717) is 17.5 Å². The number of hydrogen-bond donors (Lipinski definition) is 1. The molecule has 1 aromatic rings.